The zero-order valence-corrected chi connectivity index (χ0v) is 11.8. The second-order valence-corrected chi connectivity index (χ2v) is 5.37. The number of nitrogens with zero attached hydrogens (tertiary/aromatic N) is 2. The van der Waals surface area contributed by atoms with E-state index in [2.05, 4.69) is 29.2 Å². The number of aromatic nitrogens is 1. The molecule has 2 rings (SSSR count). The minimum atomic E-state index is -1.11. The molecule has 104 valence electrons. The molecule has 0 radical (unpaired) electrons. The van der Waals surface area contributed by atoms with E-state index in [1.54, 1.807) is 12.1 Å². The maximum absolute atomic E-state index is 10.9. The van der Waals surface area contributed by atoms with E-state index in [0.717, 1.165) is 6.54 Å². The van der Waals surface area contributed by atoms with E-state index in [4.69, 9.17) is 16.7 Å². The predicted molar refractivity (Wildman–Crippen MR) is 74.9 cm³/mol. The smallest absolute Gasteiger partial charge is 0.356 e. The Morgan fingerprint density at radius 1 is 1.63 bits per heavy atom. The fraction of sp³-hybridized carbons (Fsp3) is 0.538. The molecule has 6 heteroatoms. The first-order chi connectivity index (χ1) is 8.99. The van der Waals surface area contributed by atoms with Crippen LogP contribution in [0.4, 0.5) is 5.82 Å². The van der Waals surface area contributed by atoms with E-state index < -0.39 is 5.97 Å². The van der Waals surface area contributed by atoms with Crippen LogP contribution in [-0.4, -0.2) is 46.6 Å². The molecule has 1 aliphatic carbocycles. The van der Waals surface area contributed by atoms with E-state index >= 15 is 0 Å². The summed E-state index contributed by atoms with van der Waals surface area (Å²) in [5.74, 6) is -0.574. The third-order valence-corrected chi connectivity index (χ3v) is 3.75. The van der Waals surface area contributed by atoms with Crippen LogP contribution in [0.1, 0.15) is 30.3 Å². The number of nitrogens with one attached hydrogen (secondary N) is 1. The lowest BCUT2D eigenvalue weighted by molar-refractivity contribution is 0.0691. The molecule has 1 atom stereocenters. The molecule has 1 heterocycles. The maximum Gasteiger partial charge on any atom is 0.356 e. The van der Waals surface area contributed by atoms with Crippen molar-refractivity contribution in [1.82, 2.24) is 9.88 Å². The van der Waals surface area contributed by atoms with Gasteiger partial charge in [0.05, 0.1) is 5.02 Å². The van der Waals surface area contributed by atoms with Gasteiger partial charge in [0.1, 0.15) is 5.82 Å². The highest BCUT2D eigenvalue weighted by atomic mass is 35.5. The van der Waals surface area contributed by atoms with Crippen molar-refractivity contribution in [1.29, 1.82) is 0 Å². The Hall–Kier alpha value is -1.33. The van der Waals surface area contributed by atoms with Crippen LogP contribution >= 0.6 is 11.6 Å². The van der Waals surface area contributed by atoms with Gasteiger partial charge >= 0.3 is 5.97 Å². The van der Waals surface area contributed by atoms with Gasteiger partial charge in [-0.05, 0) is 38.9 Å². The van der Waals surface area contributed by atoms with Gasteiger partial charge in [0.15, 0.2) is 5.69 Å². The minimum Gasteiger partial charge on any atom is -0.476 e. The van der Waals surface area contributed by atoms with Crippen LogP contribution in [0.3, 0.4) is 0 Å². The highest BCUT2D eigenvalue weighted by molar-refractivity contribution is 6.33. The lowest BCUT2D eigenvalue weighted by Gasteiger charge is -2.24. The quantitative estimate of drug-likeness (QED) is 0.839. The van der Waals surface area contributed by atoms with Crippen molar-refractivity contribution in [3.8, 4) is 0 Å². The molecular weight excluding hydrogens is 266 g/mol. The molecule has 0 aliphatic heterocycles. The van der Waals surface area contributed by atoms with Gasteiger partial charge in [-0.1, -0.05) is 11.6 Å². The third kappa shape index (κ3) is 3.58. The predicted octanol–water partition coefficient (Wildman–Crippen LogP) is 2.33. The van der Waals surface area contributed by atoms with Crippen LogP contribution in [0.25, 0.3) is 0 Å². The Balaban J connectivity index is 1.95. The van der Waals surface area contributed by atoms with Crippen LogP contribution < -0.4 is 5.32 Å². The molecule has 0 saturated heterocycles. The Labute approximate surface area is 117 Å². The number of halogens is 1. The lowest BCUT2D eigenvalue weighted by Crippen LogP contribution is -2.36. The number of likely N-dealkylation sites (N-methyl/N-ethyl adjacent to an activating group) is 1. The number of hydrogen-bond donors (Lipinski definition) is 2. The van der Waals surface area contributed by atoms with Crippen LogP contribution in [0.15, 0.2) is 12.1 Å². The first kappa shape index (κ1) is 14.1. The molecule has 1 aromatic rings. The van der Waals surface area contributed by atoms with Crippen LogP contribution in [0.5, 0.6) is 0 Å². The highest BCUT2D eigenvalue weighted by Crippen LogP contribution is 2.27. The molecule has 1 fully saturated rings. The average Bonchev–Trinajstić information content (AvgIpc) is 3.20. The summed E-state index contributed by atoms with van der Waals surface area (Å²) in [5, 5.41) is 12.3. The number of pyridine rings is 1. The Kier molecular flexibility index (Phi) is 4.27. The topological polar surface area (TPSA) is 65.5 Å². The largest absolute Gasteiger partial charge is 0.476 e. The second-order valence-electron chi connectivity index (χ2n) is 4.96. The van der Waals surface area contributed by atoms with Crippen molar-refractivity contribution in [3.05, 3.63) is 22.8 Å². The van der Waals surface area contributed by atoms with Gasteiger partial charge in [-0.2, -0.15) is 0 Å². The van der Waals surface area contributed by atoms with Gasteiger partial charge in [0, 0.05) is 18.6 Å². The Morgan fingerprint density at radius 2 is 2.32 bits per heavy atom. The van der Waals surface area contributed by atoms with Crippen LogP contribution in [-0.2, 0) is 0 Å². The van der Waals surface area contributed by atoms with Crippen molar-refractivity contribution in [3.63, 3.8) is 0 Å². The summed E-state index contributed by atoms with van der Waals surface area (Å²) in [5.41, 5.74) is -0.116. The first-order valence-electron chi connectivity index (χ1n) is 6.34. The normalized spacial score (nSPS) is 16.4. The van der Waals surface area contributed by atoms with Gasteiger partial charge in [-0.25, -0.2) is 9.78 Å². The number of hydrogen-bond acceptors (Lipinski definition) is 4. The summed E-state index contributed by atoms with van der Waals surface area (Å²) in [7, 11) is 2.11. The Morgan fingerprint density at radius 3 is 2.89 bits per heavy atom. The number of carboxylic acids is 1. The summed E-state index contributed by atoms with van der Waals surface area (Å²) in [6.45, 7) is 2.86. The number of carboxylic acid groups (broad SMARTS) is 1. The zero-order valence-electron chi connectivity index (χ0n) is 11.1. The van der Waals surface area contributed by atoms with Crippen molar-refractivity contribution >= 4 is 23.4 Å². The molecule has 19 heavy (non-hydrogen) atoms. The number of aromatic carboxylic acids is 1. The Bertz CT molecular complexity index is 477. The van der Waals surface area contributed by atoms with Crippen LogP contribution in [0.2, 0.25) is 5.02 Å². The van der Waals surface area contributed by atoms with E-state index in [-0.39, 0.29) is 10.7 Å². The van der Waals surface area contributed by atoms with Crippen molar-refractivity contribution in [2.45, 2.75) is 31.8 Å². The van der Waals surface area contributed by atoms with Crippen molar-refractivity contribution in [2.75, 3.05) is 18.9 Å². The van der Waals surface area contributed by atoms with E-state index in [1.807, 2.05) is 0 Å². The SMILES string of the molecule is CC(CNc1ccc(Cl)c(C(=O)O)n1)N(C)C1CC1. The number of carbonyl (C=O) groups is 1. The van der Waals surface area contributed by atoms with Gasteiger partial charge in [0.25, 0.3) is 0 Å². The molecule has 0 spiro atoms. The molecule has 0 amide bonds. The summed E-state index contributed by atoms with van der Waals surface area (Å²) < 4.78 is 0. The fourth-order valence-electron chi connectivity index (χ4n) is 1.93. The molecule has 1 saturated carbocycles. The molecule has 2 N–H and O–H groups in total. The monoisotopic (exact) mass is 283 g/mol. The summed E-state index contributed by atoms with van der Waals surface area (Å²) in [4.78, 5) is 17.3. The third-order valence-electron chi connectivity index (χ3n) is 3.45. The van der Waals surface area contributed by atoms with Gasteiger partial charge < -0.3 is 10.4 Å². The molecule has 1 aromatic heterocycles. The minimum absolute atomic E-state index is 0.116. The highest BCUT2D eigenvalue weighted by Gasteiger charge is 2.28. The molecular formula is C13H18ClN3O2. The van der Waals surface area contributed by atoms with Crippen molar-refractivity contribution < 1.29 is 9.90 Å². The number of rotatable bonds is 6. The standard InChI is InChI=1S/C13H18ClN3O2/c1-8(17(2)9-3-4-9)7-15-11-6-5-10(14)12(16-11)13(18)19/h5-6,8-9H,3-4,7H2,1-2H3,(H,15,16)(H,18,19). The van der Waals surface area contributed by atoms with Crippen molar-refractivity contribution in [2.24, 2.45) is 0 Å². The van der Waals surface area contributed by atoms with E-state index in [9.17, 15) is 4.79 Å². The molecule has 1 aliphatic rings. The summed E-state index contributed by atoms with van der Waals surface area (Å²) >= 11 is 5.77. The van der Waals surface area contributed by atoms with E-state index in [0.29, 0.717) is 17.9 Å². The maximum atomic E-state index is 10.9. The number of anilines is 1. The molecule has 0 aromatic carbocycles. The van der Waals surface area contributed by atoms with Gasteiger partial charge in [-0.15, -0.1) is 0 Å². The molecule has 0 bridgehead atoms. The molecule has 5 nitrogen and oxygen atoms in total. The second kappa shape index (κ2) is 5.75. The fourth-order valence-corrected chi connectivity index (χ4v) is 2.11. The summed E-state index contributed by atoms with van der Waals surface area (Å²) in [6.07, 6.45) is 2.53. The van der Waals surface area contributed by atoms with E-state index in [1.165, 1.54) is 12.8 Å². The average molecular weight is 284 g/mol. The lowest BCUT2D eigenvalue weighted by atomic mass is 10.3. The van der Waals surface area contributed by atoms with Crippen LogP contribution in [0, 0.1) is 0 Å². The summed E-state index contributed by atoms with van der Waals surface area (Å²) in [6, 6.07) is 4.32. The zero-order chi connectivity index (χ0) is 14.0. The first-order valence-corrected chi connectivity index (χ1v) is 6.72. The van der Waals surface area contributed by atoms with Gasteiger partial charge in [0.2, 0.25) is 0 Å². The molecule has 1 unspecified atom stereocenters. The van der Waals surface area contributed by atoms with Gasteiger partial charge in [-0.3, -0.25) is 4.90 Å².